The molecule has 0 atom stereocenters. The zero-order valence-electron chi connectivity index (χ0n) is 20.1. The standard InChI is InChI=1S/C29H26N4O3/c1-19-12-14-22(15-13-19)33-28(35)25(27(34)32(2)29(33)36)26(20-8-4-3-5-9-20)30-17-16-21-18-31-24-11-7-6-10-23(21)24/h3-15,18,31,34H,16-17H2,1-2H3. The number of aryl methyl sites for hydroxylation is 1. The van der Waals surface area contributed by atoms with E-state index in [1.165, 1.54) is 7.05 Å². The van der Waals surface area contributed by atoms with E-state index >= 15 is 0 Å². The minimum absolute atomic E-state index is 0.0113. The first kappa shape index (κ1) is 23.1. The van der Waals surface area contributed by atoms with Crippen LogP contribution in [-0.4, -0.2) is 31.5 Å². The Bertz CT molecular complexity index is 1690. The second-order valence-corrected chi connectivity index (χ2v) is 8.72. The van der Waals surface area contributed by atoms with Gasteiger partial charge in [-0.05, 0) is 37.1 Å². The Labute approximate surface area is 207 Å². The lowest BCUT2D eigenvalue weighted by Crippen LogP contribution is -2.41. The molecule has 7 heteroatoms. The number of fused-ring (bicyclic) bond motifs is 1. The molecule has 0 fully saturated rings. The first-order valence-corrected chi connectivity index (χ1v) is 11.7. The Morgan fingerprint density at radius 2 is 1.64 bits per heavy atom. The molecule has 0 amide bonds. The number of aromatic hydroxyl groups is 1. The van der Waals surface area contributed by atoms with Gasteiger partial charge in [0.15, 0.2) is 0 Å². The highest BCUT2D eigenvalue weighted by molar-refractivity contribution is 6.14. The molecule has 180 valence electrons. The number of aromatic amines is 1. The van der Waals surface area contributed by atoms with Crippen LogP contribution in [0.5, 0.6) is 5.88 Å². The molecule has 0 saturated heterocycles. The number of H-pyrrole nitrogens is 1. The Morgan fingerprint density at radius 1 is 0.944 bits per heavy atom. The molecule has 3 aromatic carbocycles. The van der Waals surface area contributed by atoms with E-state index in [0.29, 0.717) is 29.9 Å². The first-order valence-electron chi connectivity index (χ1n) is 11.7. The summed E-state index contributed by atoms with van der Waals surface area (Å²) < 4.78 is 2.15. The third-order valence-electron chi connectivity index (χ3n) is 6.34. The number of benzene rings is 3. The molecule has 2 aromatic heterocycles. The molecule has 0 bridgehead atoms. The smallest absolute Gasteiger partial charge is 0.338 e. The number of aliphatic imine (C=N–C) groups is 1. The molecule has 0 saturated carbocycles. The van der Waals surface area contributed by atoms with Crippen molar-refractivity contribution in [2.45, 2.75) is 13.3 Å². The number of aromatic nitrogens is 3. The minimum atomic E-state index is -0.628. The van der Waals surface area contributed by atoms with Crippen LogP contribution >= 0.6 is 0 Å². The Hall–Kier alpha value is -4.65. The molecule has 0 aliphatic rings. The summed E-state index contributed by atoms with van der Waals surface area (Å²) in [5, 5.41) is 12.1. The quantitative estimate of drug-likeness (QED) is 0.360. The fourth-order valence-electron chi connectivity index (χ4n) is 4.37. The molecule has 0 radical (unpaired) electrons. The summed E-state index contributed by atoms with van der Waals surface area (Å²) in [6.07, 6.45) is 2.61. The van der Waals surface area contributed by atoms with Crippen molar-refractivity contribution in [3.63, 3.8) is 0 Å². The van der Waals surface area contributed by atoms with Crippen LogP contribution in [0.25, 0.3) is 16.6 Å². The van der Waals surface area contributed by atoms with Crippen LogP contribution in [0.4, 0.5) is 0 Å². The highest BCUT2D eigenvalue weighted by Crippen LogP contribution is 2.20. The van der Waals surface area contributed by atoms with E-state index in [9.17, 15) is 14.7 Å². The van der Waals surface area contributed by atoms with E-state index in [2.05, 4.69) is 11.1 Å². The van der Waals surface area contributed by atoms with Crippen molar-refractivity contribution in [1.29, 1.82) is 0 Å². The van der Waals surface area contributed by atoms with E-state index in [1.54, 1.807) is 12.1 Å². The second kappa shape index (κ2) is 9.54. The van der Waals surface area contributed by atoms with E-state index in [-0.39, 0.29) is 5.56 Å². The maximum atomic E-state index is 13.7. The molecule has 5 aromatic rings. The normalized spacial score (nSPS) is 11.8. The number of hydrogen-bond donors (Lipinski definition) is 2. The van der Waals surface area contributed by atoms with Crippen LogP contribution in [0.2, 0.25) is 0 Å². The summed E-state index contributed by atoms with van der Waals surface area (Å²) in [7, 11) is 1.44. The van der Waals surface area contributed by atoms with Gasteiger partial charge in [-0.3, -0.25) is 14.4 Å². The van der Waals surface area contributed by atoms with Gasteiger partial charge < -0.3 is 10.1 Å². The van der Waals surface area contributed by atoms with Gasteiger partial charge in [0.1, 0.15) is 5.56 Å². The predicted octanol–water partition coefficient (Wildman–Crippen LogP) is 4.11. The van der Waals surface area contributed by atoms with Crippen LogP contribution in [0.15, 0.2) is 99.6 Å². The van der Waals surface area contributed by atoms with Crippen molar-refractivity contribution in [1.82, 2.24) is 14.1 Å². The van der Waals surface area contributed by atoms with Crippen LogP contribution in [0, 0.1) is 6.92 Å². The fraction of sp³-hybridized carbons (Fsp3) is 0.138. The molecule has 0 unspecified atom stereocenters. The van der Waals surface area contributed by atoms with Gasteiger partial charge in [0.2, 0.25) is 5.88 Å². The van der Waals surface area contributed by atoms with Crippen molar-refractivity contribution in [2.75, 3.05) is 6.54 Å². The average molecular weight is 479 g/mol. The largest absolute Gasteiger partial charge is 0.494 e. The zero-order valence-corrected chi connectivity index (χ0v) is 20.1. The maximum Gasteiger partial charge on any atom is 0.338 e. The number of nitrogens with one attached hydrogen (secondary N) is 1. The van der Waals surface area contributed by atoms with Gasteiger partial charge in [0.25, 0.3) is 5.56 Å². The molecular formula is C29H26N4O3. The zero-order chi connectivity index (χ0) is 25.2. The summed E-state index contributed by atoms with van der Waals surface area (Å²) >= 11 is 0. The summed E-state index contributed by atoms with van der Waals surface area (Å²) in [6.45, 7) is 2.32. The summed E-state index contributed by atoms with van der Waals surface area (Å²) in [6, 6.07) is 24.4. The number of para-hydroxylation sites is 1. The van der Waals surface area contributed by atoms with Gasteiger partial charge in [0, 0.05) is 36.3 Å². The van der Waals surface area contributed by atoms with Crippen molar-refractivity contribution in [3.8, 4) is 11.6 Å². The van der Waals surface area contributed by atoms with Crippen LogP contribution in [0.1, 0.15) is 22.3 Å². The van der Waals surface area contributed by atoms with E-state index < -0.39 is 17.1 Å². The van der Waals surface area contributed by atoms with Gasteiger partial charge in [0.05, 0.1) is 11.4 Å². The number of hydrogen-bond acceptors (Lipinski definition) is 4. The van der Waals surface area contributed by atoms with Crippen molar-refractivity contribution < 1.29 is 5.11 Å². The molecule has 2 heterocycles. The van der Waals surface area contributed by atoms with E-state index in [4.69, 9.17) is 4.99 Å². The van der Waals surface area contributed by atoms with Gasteiger partial charge in [-0.2, -0.15) is 0 Å². The molecule has 36 heavy (non-hydrogen) atoms. The van der Waals surface area contributed by atoms with Gasteiger partial charge >= 0.3 is 5.69 Å². The molecule has 2 N–H and O–H groups in total. The highest BCUT2D eigenvalue weighted by Gasteiger charge is 2.23. The molecule has 0 aliphatic heterocycles. The maximum absolute atomic E-state index is 13.7. The highest BCUT2D eigenvalue weighted by atomic mass is 16.3. The monoisotopic (exact) mass is 478 g/mol. The Morgan fingerprint density at radius 3 is 2.39 bits per heavy atom. The van der Waals surface area contributed by atoms with Crippen LogP contribution < -0.4 is 11.2 Å². The average Bonchev–Trinajstić information content (AvgIpc) is 3.31. The molecular weight excluding hydrogens is 452 g/mol. The Balaban J connectivity index is 1.64. The number of rotatable bonds is 6. The van der Waals surface area contributed by atoms with E-state index in [1.807, 2.05) is 73.8 Å². The lowest BCUT2D eigenvalue weighted by atomic mass is 10.0. The van der Waals surface area contributed by atoms with Crippen LogP contribution in [0.3, 0.4) is 0 Å². The van der Waals surface area contributed by atoms with Crippen molar-refractivity contribution >= 4 is 16.6 Å². The first-order chi connectivity index (χ1) is 17.5. The van der Waals surface area contributed by atoms with Crippen molar-refractivity contribution in [2.24, 2.45) is 12.0 Å². The number of nitrogens with zero attached hydrogens (tertiary/aromatic N) is 3. The lowest BCUT2D eigenvalue weighted by molar-refractivity contribution is 0.413. The predicted molar refractivity (Wildman–Crippen MR) is 143 cm³/mol. The summed E-state index contributed by atoms with van der Waals surface area (Å²) in [5.41, 5.74) is 3.37. The van der Waals surface area contributed by atoms with Gasteiger partial charge in [-0.25, -0.2) is 9.36 Å². The second-order valence-electron chi connectivity index (χ2n) is 8.72. The minimum Gasteiger partial charge on any atom is -0.494 e. The lowest BCUT2D eigenvalue weighted by Gasteiger charge is -2.15. The molecule has 0 aliphatic carbocycles. The third kappa shape index (κ3) is 4.15. The topological polar surface area (TPSA) is 92.4 Å². The van der Waals surface area contributed by atoms with Crippen molar-refractivity contribution in [3.05, 3.63) is 128 Å². The molecule has 5 rings (SSSR count). The van der Waals surface area contributed by atoms with Gasteiger partial charge in [-0.15, -0.1) is 0 Å². The molecule has 7 nitrogen and oxygen atoms in total. The van der Waals surface area contributed by atoms with Crippen LogP contribution in [-0.2, 0) is 13.5 Å². The Kier molecular flexibility index (Phi) is 6.12. The summed E-state index contributed by atoms with van der Waals surface area (Å²) in [5.74, 6) is -0.414. The third-order valence-corrected chi connectivity index (χ3v) is 6.34. The van der Waals surface area contributed by atoms with E-state index in [0.717, 1.165) is 31.2 Å². The fourth-order valence-corrected chi connectivity index (χ4v) is 4.37. The summed E-state index contributed by atoms with van der Waals surface area (Å²) in [4.78, 5) is 34.8. The van der Waals surface area contributed by atoms with Gasteiger partial charge in [-0.1, -0.05) is 66.2 Å². The molecule has 0 spiro atoms. The SMILES string of the molecule is Cc1ccc(-n2c(=O)c(C(=NCCc3c[nH]c4ccccc34)c3ccccc3)c(O)n(C)c2=O)cc1.